The molecule has 1 amide bonds. The molecule has 6 nitrogen and oxygen atoms in total. The van der Waals surface area contributed by atoms with Crippen molar-refractivity contribution in [3.8, 4) is 6.07 Å². The van der Waals surface area contributed by atoms with Gasteiger partial charge in [-0.1, -0.05) is 37.2 Å². The lowest BCUT2D eigenvalue weighted by Crippen LogP contribution is -2.32. The van der Waals surface area contributed by atoms with E-state index in [4.69, 9.17) is 10.00 Å². The Hall–Kier alpha value is -2.72. The Morgan fingerprint density at radius 1 is 1.30 bits per heavy atom. The van der Waals surface area contributed by atoms with E-state index in [0.29, 0.717) is 33.4 Å². The number of anilines is 1. The van der Waals surface area contributed by atoms with E-state index in [2.05, 4.69) is 18.0 Å². The van der Waals surface area contributed by atoms with Crippen molar-refractivity contribution < 1.29 is 14.3 Å². The minimum absolute atomic E-state index is 0.229. The van der Waals surface area contributed by atoms with Gasteiger partial charge in [0.15, 0.2) is 5.13 Å². The van der Waals surface area contributed by atoms with E-state index in [1.807, 2.05) is 0 Å². The van der Waals surface area contributed by atoms with Crippen molar-refractivity contribution in [3.63, 3.8) is 0 Å². The molecule has 0 fully saturated rings. The second-order valence-corrected chi connectivity index (χ2v) is 6.97. The number of nitrogens with zero attached hydrogens (tertiary/aromatic N) is 3. The summed E-state index contributed by atoms with van der Waals surface area (Å²) < 4.78 is 5.07. The number of carbonyl (C=O) groups is 2. The number of unbranched alkanes of at least 4 members (excludes halogenated alkanes) is 2. The molecule has 0 bridgehead atoms. The van der Waals surface area contributed by atoms with Crippen molar-refractivity contribution in [2.24, 2.45) is 0 Å². The van der Waals surface area contributed by atoms with Crippen LogP contribution >= 0.6 is 11.3 Å². The number of thiazole rings is 1. The van der Waals surface area contributed by atoms with Crippen LogP contribution < -0.4 is 4.90 Å². The molecule has 7 heteroatoms. The first kappa shape index (κ1) is 20.6. The third-order valence-electron chi connectivity index (χ3n) is 3.95. The van der Waals surface area contributed by atoms with Crippen LogP contribution in [-0.4, -0.2) is 30.0 Å². The quantitative estimate of drug-likeness (QED) is 0.499. The number of esters is 1. The number of rotatable bonds is 8. The molecule has 2 aromatic rings. The van der Waals surface area contributed by atoms with Crippen molar-refractivity contribution >= 4 is 28.3 Å². The van der Waals surface area contributed by atoms with E-state index < -0.39 is 5.97 Å². The number of ether oxygens (including phenoxy) is 1. The Kier molecular flexibility index (Phi) is 7.50. The second-order valence-electron chi connectivity index (χ2n) is 5.99. The number of benzene rings is 1. The number of amides is 1. The van der Waals surface area contributed by atoms with Gasteiger partial charge in [-0.25, -0.2) is 9.78 Å². The summed E-state index contributed by atoms with van der Waals surface area (Å²) in [6, 6.07) is 8.65. The molecular weight excluding hydrogens is 362 g/mol. The summed E-state index contributed by atoms with van der Waals surface area (Å²) in [6.07, 6.45) is 2.83. The highest BCUT2D eigenvalue weighted by Gasteiger charge is 2.24. The van der Waals surface area contributed by atoms with E-state index in [-0.39, 0.29) is 12.5 Å². The van der Waals surface area contributed by atoms with Crippen LogP contribution in [0.5, 0.6) is 0 Å². The topological polar surface area (TPSA) is 83.3 Å². The van der Waals surface area contributed by atoms with Crippen LogP contribution in [0.1, 0.15) is 64.4 Å². The van der Waals surface area contributed by atoms with Crippen molar-refractivity contribution in [2.45, 2.75) is 40.0 Å². The zero-order valence-corrected chi connectivity index (χ0v) is 16.6. The van der Waals surface area contributed by atoms with Crippen LogP contribution in [0, 0.1) is 18.3 Å². The predicted molar refractivity (Wildman–Crippen MR) is 105 cm³/mol. The molecule has 0 aliphatic rings. The third-order valence-corrected chi connectivity index (χ3v) is 5.11. The van der Waals surface area contributed by atoms with Crippen LogP contribution in [0.2, 0.25) is 0 Å². The van der Waals surface area contributed by atoms with Crippen LogP contribution in [-0.2, 0) is 4.74 Å². The summed E-state index contributed by atoms with van der Waals surface area (Å²) in [7, 11) is 0. The summed E-state index contributed by atoms with van der Waals surface area (Å²) >= 11 is 1.16. The predicted octanol–water partition coefficient (Wildman–Crippen LogP) is 4.34. The van der Waals surface area contributed by atoms with Gasteiger partial charge in [-0.2, -0.15) is 5.26 Å². The molecule has 0 saturated heterocycles. The average molecular weight is 385 g/mol. The molecule has 0 aliphatic heterocycles. The molecule has 0 unspecified atom stereocenters. The monoisotopic (exact) mass is 385 g/mol. The van der Waals surface area contributed by atoms with Gasteiger partial charge >= 0.3 is 5.97 Å². The summed E-state index contributed by atoms with van der Waals surface area (Å²) in [6.45, 7) is 6.36. The molecule has 1 heterocycles. The first-order valence-electron chi connectivity index (χ1n) is 8.98. The Balaban J connectivity index is 2.36. The molecule has 0 saturated carbocycles. The zero-order valence-electron chi connectivity index (χ0n) is 15.8. The summed E-state index contributed by atoms with van der Waals surface area (Å²) in [5.41, 5.74) is 1.40. The van der Waals surface area contributed by atoms with Crippen LogP contribution in [0.15, 0.2) is 24.3 Å². The maximum atomic E-state index is 13.1. The number of hydrogen-bond donors (Lipinski definition) is 0. The second kappa shape index (κ2) is 9.83. The molecule has 1 aromatic carbocycles. The van der Waals surface area contributed by atoms with Crippen molar-refractivity contribution in [1.82, 2.24) is 4.98 Å². The van der Waals surface area contributed by atoms with Gasteiger partial charge in [0.25, 0.3) is 5.91 Å². The van der Waals surface area contributed by atoms with Crippen molar-refractivity contribution in [2.75, 3.05) is 18.1 Å². The van der Waals surface area contributed by atoms with E-state index in [1.54, 1.807) is 43.0 Å². The van der Waals surface area contributed by atoms with Crippen LogP contribution in [0.4, 0.5) is 5.13 Å². The highest BCUT2D eigenvalue weighted by molar-refractivity contribution is 7.17. The number of carbonyl (C=O) groups excluding carboxylic acids is 2. The summed E-state index contributed by atoms with van der Waals surface area (Å²) in [5, 5.41) is 9.56. The molecule has 27 heavy (non-hydrogen) atoms. The molecule has 1 aromatic heterocycles. The third kappa shape index (κ3) is 5.14. The number of hydrogen-bond acceptors (Lipinski definition) is 6. The molecule has 0 spiro atoms. The molecule has 2 rings (SSSR count). The highest BCUT2D eigenvalue weighted by Crippen LogP contribution is 2.28. The maximum absolute atomic E-state index is 13.1. The van der Waals surface area contributed by atoms with Gasteiger partial charge < -0.3 is 4.74 Å². The molecule has 0 atom stereocenters. The SMILES string of the molecule is CCCCCN(C(=O)c1cccc(C#N)c1)c1nc(C)c(C(=O)OCC)s1. The highest BCUT2D eigenvalue weighted by atomic mass is 32.1. The van der Waals surface area contributed by atoms with Gasteiger partial charge in [0.2, 0.25) is 0 Å². The van der Waals surface area contributed by atoms with Gasteiger partial charge in [-0.15, -0.1) is 0 Å². The Morgan fingerprint density at radius 3 is 2.74 bits per heavy atom. The smallest absolute Gasteiger partial charge is 0.350 e. The van der Waals surface area contributed by atoms with Gasteiger partial charge in [0.05, 0.1) is 23.9 Å². The minimum Gasteiger partial charge on any atom is -0.462 e. The largest absolute Gasteiger partial charge is 0.462 e. The molecule has 0 radical (unpaired) electrons. The van der Waals surface area contributed by atoms with Gasteiger partial charge in [-0.3, -0.25) is 9.69 Å². The number of aryl methyl sites for hydroxylation is 1. The fraction of sp³-hybridized carbons (Fsp3) is 0.400. The van der Waals surface area contributed by atoms with E-state index in [1.165, 1.54) is 0 Å². The first-order valence-corrected chi connectivity index (χ1v) is 9.80. The number of aromatic nitrogens is 1. The lowest BCUT2D eigenvalue weighted by Gasteiger charge is -2.20. The summed E-state index contributed by atoms with van der Waals surface area (Å²) in [4.78, 5) is 31.6. The fourth-order valence-corrected chi connectivity index (χ4v) is 3.55. The van der Waals surface area contributed by atoms with E-state index >= 15 is 0 Å². The zero-order chi connectivity index (χ0) is 19.8. The molecule has 142 valence electrons. The Labute approximate surface area is 163 Å². The van der Waals surface area contributed by atoms with E-state index in [0.717, 1.165) is 30.6 Å². The van der Waals surface area contributed by atoms with Crippen LogP contribution in [0.3, 0.4) is 0 Å². The molecule has 0 N–H and O–H groups in total. The normalized spacial score (nSPS) is 10.3. The standard InChI is InChI=1S/C20H23N3O3S/c1-4-6-7-11-23(18(24)16-10-8-9-15(12-16)13-21)20-22-14(3)17(27-20)19(25)26-5-2/h8-10,12H,4-7,11H2,1-3H3. The Bertz CT molecular complexity index is 854. The van der Waals surface area contributed by atoms with Crippen molar-refractivity contribution in [3.05, 3.63) is 46.0 Å². The lowest BCUT2D eigenvalue weighted by atomic mass is 10.1. The average Bonchev–Trinajstić information content (AvgIpc) is 3.06. The van der Waals surface area contributed by atoms with Crippen LogP contribution in [0.25, 0.3) is 0 Å². The molecular formula is C20H23N3O3S. The first-order chi connectivity index (χ1) is 13.0. The van der Waals surface area contributed by atoms with Crippen molar-refractivity contribution in [1.29, 1.82) is 5.26 Å². The lowest BCUT2D eigenvalue weighted by molar-refractivity contribution is 0.0531. The van der Waals surface area contributed by atoms with E-state index in [9.17, 15) is 9.59 Å². The minimum atomic E-state index is -0.425. The Morgan fingerprint density at radius 2 is 2.07 bits per heavy atom. The fourth-order valence-electron chi connectivity index (χ4n) is 2.57. The van der Waals surface area contributed by atoms with Gasteiger partial charge in [0, 0.05) is 12.1 Å². The maximum Gasteiger partial charge on any atom is 0.350 e. The van der Waals surface area contributed by atoms with Gasteiger partial charge in [-0.05, 0) is 38.5 Å². The molecule has 0 aliphatic carbocycles. The van der Waals surface area contributed by atoms with Gasteiger partial charge in [0.1, 0.15) is 4.88 Å². The summed E-state index contributed by atoms with van der Waals surface area (Å²) in [5.74, 6) is -0.654. The number of nitriles is 1.